The Morgan fingerprint density at radius 3 is 2.88 bits per heavy atom. The van der Waals surface area contributed by atoms with Gasteiger partial charge in [0.2, 0.25) is 5.91 Å². The second-order valence-electron chi connectivity index (χ2n) is 4.33. The van der Waals surface area contributed by atoms with Gasteiger partial charge in [0.15, 0.2) is 0 Å². The maximum absolute atomic E-state index is 11.5. The van der Waals surface area contributed by atoms with Crippen LogP contribution < -0.4 is 5.32 Å². The Labute approximate surface area is 95.2 Å². The minimum Gasteiger partial charge on any atom is -0.481 e. The standard InChI is InChI=1S/C11H19NO4/c1-8(11(14)15)6-12-10(13)5-9-3-2-4-16-7-9/h8-9H,2-7H2,1H3,(H,12,13)(H,14,15). The predicted octanol–water partition coefficient (Wildman–Crippen LogP) is 0.640. The number of carboxylic acids is 1. The molecule has 0 aromatic heterocycles. The van der Waals surface area contributed by atoms with Gasteiger partial charge in [-0.1, -0.05) is 6.92 Å². The van der Waals surface area contributed by atoms with Gasteiger partial charge >= 0.3 is 5.97 Å². The maximum atomic E-state index is 11.5. The van der Waals surface area contributed by atoms with Gasteiger partial charge < -0.3 is 15.2 Å². The molecule has 1 saturated heterocycles. The highest BCUT2D eigenvalue weighted by atomic mass is 16.5. The van der Waals surface area contributed by atoms with Crippen molar-refractivity contribution in [2.45, 2.75) is 26.2 Å². The lowest BCUT2D eigenvalue weighted by molar-refractivity contribution is -0.141. The lowest BCUT2D eigenvalue weighted by Gasteiger charge is -2.21. The van der Waals surface area contributed by atoms with Crippen LogP contribution in [0.15, 0.2) is 0 Å². The third-order valence-electron chi connectivity index (χ3n) is 2.76. The Kier molecular flexibility index (Phi) is 5.25. The molecule has 16 heavy (non-hydrogen) atoms. The highest BCUT2D eigenvalue weighted by Crippen LogP contribution is 2.16. The van der Waals surface area contributed by atoms with E-state index in [1.165, 1.54) is 0 Å². The van der Waals surface area contributed by atoms with Gasteiger partial charge in [0.1, 0.15) is 0 Å². The summed E-state index contributed by atoms with van der Waals surface area (Å²) < 4.78 is 5.27. The summed E-state index contributed by atoms with van der Waals surface area (Å²) in [6.45, 7) is 3.20. The molecular formula is C11H19NO4. The van der Waals surface area contributed by atoms with Crippen molar-refractivity contribution in [3.05, 3.63) is 0 Å². The van der Waals surface area contributed by atoms with E-state index in [0.717, 1.165) is 19.4 Å². The van der Waals surface area contributed by atoms with Crippen LogP contribution in [-0.4, -0.2) is 36.7 Å². The number of carbonyl (C=O) groups is 2. The van der Waals surface area contributed by atoms with Crippen LogP contribution >= 0.6 is 0 Å². The molecule has 0 saturated carbocycles. The van der Waals surface area contributed by atoms with Crippen molar-refractivity contribution in [3.8, 4) is 0 Å². The van der Waals surface area contributed by atoms with E-state index in [0.29, 0.717) is 13.0 Å². The first-order chi connectivity index (χ1) is 7.59. The zero-order chi connectivity index (χ0) is 12.0. The first-order valence-corrected chi connectivity index (χ1v) is 5.67. The third kappa shape index (κ3) is 4.61. The van der Waals surface area contributed by atoms with E-state index in [-0.39, 0.29) is 18.4 Å². The fourth-order valence-corrected chi connectivity index (χ4v) is 1.66. The molecule has 1 aliphatic heterocycles. The van der Waals surface area contributed by atoms with Crippen LogP contribution in [0.4, 0.5) is 0 Å². The van der Waals surface area contributed by atoms with Gasteiger partial charge in [0.25, 0.3) is 0 Å². The van der Waals surface area contributed by atoms with Gasteiger partial charge in [0, 0.05) is 26.2 Å². The summed E-state index contributed by atoms with van der Waals surface area (Å²) in [7, 11) is 0. The molecule has 1 heterocycles. The van der Waals surface area contributed by atoms with Crippen molar-refractivity contribution in [3.63, 3.8) is 0 Å². The van der Waals surface area contributed by atoms with Crippen molar-refractivity contribution in [1.29, 1.82) is 0 Å². The highest BCUT2D eigenvalue weighted by Gasteiger charge is 2.18. The van der Waals surface area contributed by atoms with E-state index >= 15 is 0 Å². The number of ether oxygens (including phenoxy) is 1. The molecule has 5 heteroatoms. The zero-order valence-electron chi connectivity index (χ0n) is 9.57. The molecule has 1 amide bonds. The fourth-order valence-electron chi connectivity index (χ4n) is 1.66. The Hall–Kier alpha value is -1.10. The van der Waals surface area contributed by atoms with E-state index in [1.54, 1.807) is 6.92 Å². The quantitative estimate of drug-likeness (QED) is 0.725. The van der Waals surface area contributed by atoms with E-state index in [1.807, 2.05) is 0 Å². The minimum absolute atomic E-state index is 0.0800. The van der Waals surface area contributed by atoms with Crippen LogP contribution in [0.25, 0.3) is 0 Å². The summed E-state index contributed by atoms with van der Waals surface area (Å²) >= 11 is 0. The Morgan fingerprint density at radius 1 is 1.56 bits per heavy atom. The van der Waals surface area contributed by atoms with Gasteiger partial charge in [-0.25, -0.2) is 0 Å². The number of hydrogen-bond donors (Lipinski definition) is 2. The molecule has 0 bridgehead atoms. The number of rotatable bonds is 5. The number of hydrogen-bond acceptors (Lipinski definition) is 3. The zero-order valence-corrected chi connectivity index (χ0v) is 9.57. The van der Waals surface area contributed by atoms with Crippen LogP contribution in [0.3, 0.4) is 0 Å². The number of carbonyl (C=O) groups excluding carboxylic acids is 1. The molecule has 0 aromatic carbocycles. The van der Waals surface area contributed by atoms with Crippen LogP contribution in [0.1, 0.15) is 26.2 Å². The summed E-state index contributed by atoms with van der Waals surface area (Å²) in [5.41, 5.74) is 0. The van der Waals surface area contributed by atoms with Crippen molar-refractivity contribution >= 4 is 11.9 Å². The van der Waals surface area contributed by atoms with E-state index in [9.17, 15) is 9.59 Å². The topological polar surface area (TPSA) is 75.6 Å². The van der Waals surface area contributed by atoms with Gasteiger partial charge in [-0.3, -0.25) is 9.59 Å². The monoisotopic (exact) mass is 229 g/mol. The minimum atomic E-state index is -0.888. The summed E-state index contributed by atoms with van der Waals surface area (Å²) in [5, 5.41) is 11.3. The second-order valence-corrected chi connectivity index (χ2v) is 4.33. The lowest BCUT2D eigenvalue weighted by Crippen LogP contribution is -2.33. The molecule has 1 rings (SSSR count). The summed E-state index contributed by atoms with van der Waals surface area (Å²) in [4.78, 5) is 22.0. The molecule has 2 N–H and O–H groups in total. The molecule has 92 valence electrons. The molecule has 0 radical (unpaired) electrons. The summed E-state index contributed by atoms with van der Waals surface area (Å²) in [6, 6.07) is 0. The molecular weight excluding hydrogens is 210 g/mol. The Morgan fingerprint density at radius 2 is 2.31 bits per heavy atom. The third-order valence-corrected chi connectivity index (χ3v) is 2.76. The molecule has 5 nitrogen and oxygen atoms in total. The van der Waals surface area contributed by atoms with Gasteiger partial charge in [-0.2, -0.15) is 0 Å². The lowest BCUT2D eigenvalue weighted by atomic mass is 9.98. The molecule has 2 unspecified atom stereocenters. The van der Waals surface area contributed by atoms with Crippen molar-refractivity contribution in [2.24, 2.45) is 11.8 Å². The maximum Gasteiger partial charge on any atom is 0.308 e. The summed E-state index contributed by atoms with van der Waals surface area (Å²) in [5.74, 6) is -1.22. The van der Waals surface area contributed by atoms with Crippen molar-refractivity contribution < 1.29 is 19.4 Å². The predicted molar refractivity (Wildman–Crippen MR) is 58.0 cm³/mol. The molecule has 1 fully saturated rings. The number of aliphatic carboxylic acids is 1. The SMILES string of the molecule is CC(CNC(=O)CC1CCCOC1)C(=O)O. The van der Waals surface area contributed by atoms with E-state index < -0.39 is 11.9 Å². The molecule has 2 atom stereocenters. The van der Waals surface area contributed by atoms with Crippen LogP contribution in [-0.2, 0) is 14.3 Å². The molecule has 0 spiro atoms. The fraction of sp³-hybridized carbons (Fsp3) is 0.818. The molecule has 0 aromatic rings. The number of nitrogens with one attached hydrogen (secondary N) is 1. The van der Waals surface area contributed by atoms with Crippen molar-refractivity contribution in [1.82, 2.24) is 5.32 Å². The first-order valence-electron chi connectivity index (χ1n) is 5.67. The summed E-state index contributed by atoms with van der Waals surface area (Å²) in [6.07, 6.45) is 2.46. The van der Waals surface area contributed by atoms with E-state index in [2.05, 4.69) is 5.32 Å². The van der Waals surface area contributed by atoms with Crippen molar-refractivity contribution in [2.75, 3.05) is 19.8 Å². The van der Waals surface area contributed by atoms with Crippen LogP contribution in [0.5, 0.6) is 0 Å². The first kappa shape index (κ1) is 13.0. The van der Waals surface area contributed by atoms with Crippen LogP contribution in [0, 0.1) is 11.8 Å². The number of carboxylic acid groups (broad SMARTS) is 1. The Bertz CT molecular complexity index is 248. The largest absolute Gasteiger partial charge is 0.481 e. The average molecular weight is 229 g/mol. The number of amides is 1. The van der Waals surface area contributed by atoms with Crippen LogP contribution in [0.2, 0.25) is 0 Å². The molecule has 1 aliphatic rings. The average Bonchev–Trinajstić information content (AvgIpc) is 2.27. The second kappa shape index (κ2) is 6.48. The van der Waals surface area contributed by atoms with Gasteiger partial charge in [0.05, 0.1) is 5.92 Å². The van der Waals surface area contributed by atoms with E-state index in [4.69, 9.17) is 9.84 Å². The smallest absolute Gasteiger partial charge is 0.308 e. The highest BCUT2D eigenvalue weighted by molar-refractivity contribution is 5.77. The normalized spacial score (nSPS) is 22.4. The van der Waals surface area contributed by atoms with Gasteiger partial charge in [-0.15, -0.1) is 0 Å². The van der Waals surface area contributed by atoms with Gasteiger partial charge in [-0.05, 0) is 18.8 Å². The Balaban J connectivity index is 2.17. The molecule has 0 aliphatic carbocycles.